The molecule has 0 spiro atoms. The summed E-state index contributed by atoms with van der Waals surface area (Å²) >= 11 is 0. The molecular formula is C25H25N3O4S. The predicted molar refractivity (Wildman–Crippen MR) is 130 cm³/mol. The van der Waals surface area contributed by atoms with Gasteiger partial charge in [0.15, 0.2) is 0 Å². The number of carbonyl (C=O) groups is 2. The van der Waals surface area contributed by atoms with Gasteiger partial charge in [-0.15, -0.1) is 6.58 Å². The van der Waals surface area contributed by atoms with Gasteiger partial charge in [-0.2, -0.15) is 0 Å². The van der Waals surface area contributed by atoms with Crippen LogP contribution in [0.3, 0.4) is 0 Å². The number of para-hydroxylation sites is 1. The zero-order valence-corrected chi connectivity index (χ0v) is 19.0. The lowest BCUT2D eigenvalue weighted by Crippen LogP contribution is -2.38. The number of nitrogens with one attached hydrogen (secondary N) is 2. The van der Waals surface area contributed by atoms with Crippen LogP contribution in [0.4, 0.5) is 11.4 Å². The van der Waals surface area contributed by atoms with Crippen LogP contribution >= 0.6 is 0 Å². The van der Waals surface area contributed by atoms with E-state index in [4.69, 9.17) is 0 Å². The first-order chi connectivity index (χ1) is 15.8. The average Bonchev–Trinajstić information content (AvgIpc) is 2.82. The SMILES string of the molecule is C=CCNC(=O)c1ccccc1NC(=O)CN(c1ccc(C)cc1)S(=O)(=O)c1ccccc1. The molecule has 0 aromatic heterocycles. The second-order valence-electron chi connectivity index (χ2n) is 7.25. The maximum absolute atomic E-state index is 13.4. The zero-order valence-electron chi connectivity index (χ0n) is 18.2. The van der Waals surface area contributed by atoms with E-state index in [0.29, 0.717) is 5.69 Å². The van der Waals surface area contributed by atoms with E-state index in [1.165, 1.54) is 12.1 Å². The monoisotopic (exact) mass is 463 g/mol. The Kier molecular flexibility index (Phi) is 7.63. The van der Waals surface area contributed by atoms with E-state index in [1.54, 1.807) is 72.8 Å². The van der Waals surface area contributed by atoms with E-state index in [2.05, 4.69) is 17.2 Å². The number of anilines is 2. The Bertz CT molecular complexity index is 1240. The number of amides is 2. The Morgan fingerprint density at radius 1 is 0.939 bits per heavy atom. The first-order valence-electron chi connectivity index (χ1n) is 10.3. The van der Waals surface area contributed by atoms with E-state index >= 15 is 0 Å². The molecular weight excluding hydrogens is 438 g/mol. The van der Waals surface area contributed by atoms with Crippen LogP contribution in [0.15, 0.2) is 96.4 Å². The molecule has 3 aromatic rings. The van der Waals surface area contributed by atoms with Crippen molar-refractivity contribution in [2.45, 2.75) is 11.8 Å². The van der Waals surface area contributed by atoms with E-state index in [0.717, 1.165) is 9.87 Å². The summed E-state index contributed by atoms with van der Waals surface area (Å²) in [6.45, 7) is 5.26. The van der Waals surface area contributed by atoms with Gasteiger partial charge in [0, 0.05) is 6.54 Å². The number of aryl methyl sites for hydroxylation is 1. The van der Waals surface area contributed by atoms with Crippen LogP contribution in [0.25, 0.3) is 0 Å². The van der Waals surface area contributed by atoms with Gasteiger partial charge in [0.2, 0.25) is 5.91 Å². The fourth-order valence-electron chi connectivity index (χ4n) is 3.12. The third-order valence-corrected chi connectivity index (χ3v) is 6.58. The average molecular weight is 464 g/mol. The third kappa shape index (κ3) is 5.87. The molecule has 2 amide bonds. The quantitative estimate of drug-likeness (QED) is 0.473. The highest BCUT2D eigenvalue weighted by Crippen LogP contribution is 2.24. The largest absolute Gasteiger partial charge is 0.349 e. The molecule has 33 heavy (non-hydrogen) atoms. The van der Waals surface area contributed by atoms with Crippen LogP contribution in [0.5, 0.6) is 0 Å². The van der Waals surface area contributed by atoms with Crippen molar-refractivity contribution in [1.29, 1.82) is 0 Å². The van der Waals surface area contributed by atoms with Gasteiger partial charge in [-0.3, -0.25) is 13.9 Å². The van der Waals surface area contributed by atoms with Crippen molar-refractivity contribution in [2.75, 3.05) is 22.7 Å². The first kappa shape index (κ1) is 23.7. The molecule has 0 saturated heterocycles. The highest BCUT2D eigenvalue weighted by Gasteiger charge is 2.27. The molecule has 0 bridgehead atoms. The summed E-state index contributed by atoms with van der Waals surface area (Å²) in [5.74, 6) is -0.961. The molecule has 3 rings (SSSR count). The summed E-state index contributed by atoms with van der Waals surface area (Å²) in [5.41, 5.74) is 1.86. The molecule has 0 aliphatic rings. The molecule has 0 radical (unpaired) electrons. The standard InChI is InChI=1S/C25H25N3O4S/c1-3-17-26-25(30)22-11-7-8-12-23(22)27-24(29)18-28(20-15-13-19(2)14-16-20)33(31,32)21-9-5-4-6-10-21/h3-16H,1,17-18H2,2H3,(H,26,30)(H,27,29). The Morgan fingerprint density at radius 3 is 2.24 bits per heavy atom. The lowest BCUT2D eigenvalue weighted by atomic mass is 10.1. The summed E-state index contributed by atoms with van der Waals surface area (Å²) in [6, 6.07) is 21.3. The van der Waals surface area contributed by atoms with E-state index in [9.17, 15) is 18.0 Å². The highest BCUT2D eigenvalue weighted by atomic mass is 32.2. The third-order valence-electron chi connectivity index (χ3n) is 4.79. The van der Waals surface area contributed by atoms with Crippen LogP contribution in [-0.2, 0) is 14.8 Å². The summed E-state index contributed by atoms with van der Waals surface area (Å²) in [4.78, 5) is 25.4. The Labute approximate surface area is 193 Å². The molecule has 0 unspecified atom stereocenters. The number of nitrogens with zero attached hydrogens (tertiary/aromatic N) is 1. The lowest BCUT2D eigenvalue weighted by Gasteiger charge is -2.24. The Morgan fingerprint density at radius 2 is 1.58 bits per heavy atom. The van der Waals surface area contributed by atoms with Crippen LogP contribution in [0.1, 0.15) is 15.9 Å². The maximum Gasteiger partial charge on any atom is 0.264 e. The fourth-order valence-corrected chi connectivity index (χ4v) is 4.56. The van der Waals surface area contributed by atoms with Crippen LogP contribution in [-0.4, -0.2) is 33.3 Å². The molecule has 0 saturated carbocycles. The molecule has 3 aromatic carbocycles. The van der Waals surface area contributed by atoms with Gasteiger partial charge in [-0.25, -0.2) is 8.42 Å². The van der Waals surface area contributed by atoms with Gasteiger partial charge in [-0.05, 0) is 43.3 Å². The second kappa shape index (κ2) is 10.6. The number of hydrogen-bond acceptors (Lipinski definition) is 4. The number of rotatable bonds is 9. The van der Waals surface area contributed by atoms with Gasteiger partial charge in [0.1, 0.15) is 6.54 Å². The molecule has 8 heteroatoms. The van der Waals surface area contributed by atoms with Gasteiger partial charge in [0.05, 0.1) is 21.8 Å². The number of benzene rings is 3. The summed E-state index contributed by atoms with van der Waals surface area (Å²) in [5, 5.41) is 5.34. The molecule has 0 atom stereocenters. The van der Waals surface area contributed by atoms with Crippen molar-refractivity contribution >= 4 is 33.2 Å². The maximum atomic E-state index is 13.4. The topological polar surface area (TPSA) is 95.6 Å². The van der Waals surface area contributed by atoms with E-state index in [-0.39, 0.29) is 28.6 Å². The fraction of sp³-hybridized carbons (Fsp3) is 0.120. The molecule has 0 fully saturated rings. The molecule has 170 valence electrons. The first-order valence-corrected chi connectivity index (χ1v) is 11.7. The minimum Gasteiger partial charge on any atom is -0.349 e. The van der Waals surface area contributed by atoms with Crippen molar-refractivity contribution in [3.05, 3.63) is 103 Å². The summed E-state index contributed by atoms with van der Waals surface area (Å²) < 4.78 is 27.8. The van der Waals surface area contributed by atoms with E-state index in [1.807, 2.05) is 6.92 Å². The van der Waals surface area contributed by atoms with E-state index < -0.39 is 22.5 Å². The zero-order chi connectivity index (χ0) is 23.8. The highest BCUT2D eigenvalue weighted by molar-refractivity contribution is 7.92. The molecule has 0 heterocycles. The second-order valence-corrected chi connectivity index (χ2v) is 9.12. The summed E-state index contributed by atoms with van der Waals surface area (Å²) in [7, 11) is -4.01. The molecule has 0 aliphatic heterocycles. The molecule has 0 aliphatic carbocycles. The minimum absolute atomic E-state index is 0.0718. The van der Waals surface area contributed by atoms with Crippen LogP contribution in [0.2, 0.25) is 0 Å². The summed E-state index contributed by atoms with van der Waals surface area (Å²) in [6.07, 6.45) is 1.55. The number of sulfonamides is 1. The minimum atomic E-state index is -4.01. The van der Waals surface area contributed by atoms with Crippen molar-refractivity contribution in [3.8, 4) is 0 Å². The Hall–Kier alpha value is -3.91. The van der Waals surface area contributed by atoms with Crippen molar-refractivity contribution in [2.24, 2.45) is 0 Å². The van der Waals surface area contributed by atoms with Crippen molar-refractivity contribution < 1.29 is 18.0 Å². The number of hydrogen-bond donors (Lipinski definition) is 2. The van der Waals surface area contributed by atoms with Crippen LogP contribution in [0, 0.1) is 6.92 Å². The molecule has 7 nitrogen and oxygen atoms in total. The Balaban J connectivity index is 1.90. The van der Waals surface area contributed by atoms with Crippen LogP contribution < -0.4 is 14.9 Å². The number of carbonyl (C=O) groups excluding carboxylic acids is 2. The van der Waals surface area contributed by atoms with Gasteiger partial charge >= 0.3 is 0 Å². The molecule has 2 N–H and O–H groups in total. The predicted octanol–water partition coefficient (Wildman–Crippen LogP) is 3.74. The van der Waals surface area contributed by atoms with Crippen molar-refractivity contribution in [1.82, 2.24) is 5.32 Å². The normalized spacial score (nSPS) is 10.8. The van der Waals surface area contributed by atoms with Gasteiger partial charge in [0.25, 0.3) is 15.9 Å². The lowest BCUT2D eigenvalue weighted by molar-refractivity contribution is -0.114. The smallest absolute Gasteiger partial charge is 0.264 e. The van der Waals surface area contributed by atoms with Crippen molar-refractivity contribution in [3.63, 3.8) is 0 Å². The van der Waals surface area contributed by atoms with Gasteiger partial charge < -0.3 is 10.6 Å². The van der Waals surface area contributed by atoms with Gasteiger partial charge in [-0.1, -0.05) is 54.1 Å².